The maximum atomic E-state index is 13.8. The van der Waals surface area contributed by atoms with Gasteiger partial charge in [0.15, 0.2) is 5.78 Å². The average Bonchev–Trinajstić information content (AvgIpc) is 3.30. The van der Waals surface area contributed by atoms with E-state index < -0.39 is 23.5 Å². The summed E-state index contributed by atoms with van der Waals surface area (Å²) in [5.74, 6) is -1.57. The Hall–Kier alpha value is -4.17. The Balaban J connectivity index is 1.57. The van der Waals surface area contributed by atoms with Crippen molar-refractivity contribution >= 4 is 40.2 Å². The van der Waals surface area contributed by atoms with Crippen molar-refractivity contribution in [3.8, 4) is 5.69 Å². The molecule has 0 spiro atoms. The van der Waals surface area contributed by atoms with Gasteiger partial charge in [-0.2, -0.15) is 0 Å². The van der Waals surface area contributed by atoms with Crippen LogP contribution in [0.15, 0.2) is 65.6 Å². The van der Waals surface area contributed by atoms with E-state index in [1.54, 1.807) is 30.5 Å². The fourth-order valence-corrected chi connectivity index (χ4v) is 5.36. The van der Waals surface area contributed by atoms with Gasteiger partial charge in [0.05, 0.1) is 7.11 Å². The van der Waals surface area contributed by atoms with E-state index in [9.17, 15) is 19.2 Å². The van der Waals surface area contributed by atoms with Crippen molar-refractivity contribution in [3.05, 3.63) is 98.6 Å². The molecular formula is C30H28ClN3O5. The van der Waals surface area contributed by atoms with Gasteiger partial charge in [0, 0.05) is 51.9 Å². The predicted octanol–water partition coefficient (Wildman–Crippen LogP) is 4.64. The maximum Gasteiger partial charge on any atom is 0.328 e. The Labute approximate surface area is 229 Å². The largest absolute Gasteiger partial charge is 0.467 e. The van der Waals surface area contributed by atoms with E-state index in [1.807, 2.05) is 38.1 Å². The summed E-state index contributed by atoms with van der Waals surface area (Å²) in [6, 6.07) is 14.5. The Bertz CT molecular complexity index is 1670. The standard InChI is InChI=1S/C30H28ClN3O5/c1-30(2)14-25-21(26(35)15-30)13-22(28(37)34(25)19-10-8-18(31)9-11-19)27(36)33-24(29(38)39-3)12-17-16-32-23-7-5-4-6-20(17)23/h4-11,13,16,24,32H,12,14-15H2,1-3H3,(H,33,36). The lowest BCUT2D eigenvalue weighted by Gasteiger charge is -2.32. The van der Waals surface area contributed by atoms with Crippen LogP contribution in [-0.2, 0) is 22.4 Å². The van der Waals surface area contributed by atoms with Crippen LogP contribution in [0.1, 0.15) is 52.2 Å². The van der Waals surface area contributed by atoms with Crippen molar-refractivity contribution in [3.63, 3.8) is 0 Å². The van der Waals surface area contributed by atoms with E-state index in [0.717, 1.165) is 16.5 Å². The molecule has 200 valence electrons. The smallest absolute Gasteiger partial charge is 0.328 e. The van der Waals surface area contributed by atoms with Crippen molar-refractivity contribution in [2.75, 3.05) is 7.11 Å². The number of nitrogens with zero attached hydrogens (tertiary/aromatic N) is 1. The first-order valence-corrected chi connectivity index (χ1v) is 13.0. The number of Topliss-reactive ketones (excluding diaryl/α,β-unsaturated/α-hetero) is 1. The summed E-state index contributed by atoms with van der Waals surface area (Å²) >= 11 is 6.08. The third kappa shape index (κ3) is 5.12. The van der Waals surface area contributed by atoms with E-state index in [1.165, 1.54) is 17.7 Å². The van der Waals surface area contributed by atoms with E-state index in [-0.39, 0.29) is 29.6 Å². The Kier molecular flexibility index (Phi) is 6.91. The third-order valence-corrected chi connectivity index (χ3v) is 7.36. The summed E-state index contributed by atoms with van der Waals surface area (Å²) in [7, 11) is 1.24. The van der Waals surface area contributed by atoms with Gasteiger partial charge in [-0.25, -0.2) is 4.79 Å². The molecule has 2 aromatic heterocycles. The second kappa shape index (κ2) is 10.2. The van der Waals surface area contributed by atoms with Crippen LogP contribution >= 0.6 is 11.6 Å². The summed E-state index contributed by atoms with van der Waals surface area (Å²) in [6.45, 7) is 3.94. The number of aromatic amines is 1. The van der Waals surface area contributed by atoms with E-state index in [0.29, 0.717) is 28.4 Å². The van der Waals surface area contributed by atoms with Crippen molar-refractivity contribution in [1.29, 1.82) is 0 Å². The molecule has 2 aromatic carbocycles. The number of amides is 1. The quantitative estimate of drug-likeness (QED) is 0.343. The number of para-hydroxylation sites is 1. The van der Waals surface area contributed by atoms with Gasteiger partial charge in [-0.15, -0.1) is 0 Å². The van der Waals surface area contributed by atoms with Crippen LogP contribution in [-0.4, -0.2) is 40.4 Å². The number of ketones is 1. The number of aromatic nitrogens is 2. The highest BCUT2D eigenvalue weighted by Crippen LogP contribution is 2.35. The van der Waals surface area contributed by atoms with Crippen molar-refractivity contribution in [2.24, 2.45) is 5.41 Å². The molecular weight excluding hydrogens is 518 g/mol. The molecule has 0 bridgehead atoms. The van der Waals surface area contributed by atoms with Crippen LogP contribution in [0, 0.1) is 5.41 Å². The molecule has 1 unspecified atom stereocenters. The zero-order valence-corrected chi connectivity index (χ0v) is 22.6. The number of H-pyrrole nitrogens is 1. The molecule has 5 rings (SSSR count). The van der Waals surface area contributed by atoms with Crippen LogP contribution in [0.4, 0.5) is 0 Å². The first-order valence-electron chi connectivity index (χ1n) is 12.6. The summed E-state index contributed by atoms with van der Waals surface area (Å²) in [6.07, 6.45) is 2.68. The number of rotatable bonds is 6. The number of halogens is 1. The number of esters is 1. The molecule has 1 amide bonds. The van der Waals surface area contributed by atoms with Gasteiger partial charge in [-0.1, -0.05) is 43.6 Å². The first kappa shape index (κ1) is 26.4. The fraction of sp³-hybridized carbons (Fsp3) is 0.267. The summed E-state index contributed by atoms with van der Waals surface area (Å²) in [4.78, 5) is 56.5. The summed E-state index contributed by atoms with van der Waals surface area (Å²) in [5.41, 5.74) is 1.88. The van der Waals surface area contributed by atoms with Gasteiger partial charge in [0.1, 0.15) is 11.6 Å². The fourth-order valence-electron chi connectivity index (χ4n) is 5.23. The number of fused-ring (bicyclic) bond motifs is 2. The van der Waals surface area contributed by atoms with Gasteiger partial charge in [0.25, 0.3) is 11.5 Å². The van der Waals surface area contributed by atoms with Gasteiger partial charge < -0.3 is 15.0 Å². The second-order valence-corrected chi connectivity index (χ2v) is 11.0. The number of methoxy groups -OCH3 is 1. The van der Waals surface area contributed by atoms with Crippen LogP contribution in [0.25, 0.3) is 16.6 Å². The number of ether oxygens (including phenoxy) is 1. The molecule has 8 nitrogen and oxygen atoms in total. The SMILES string of the molecule is COC(=O)C(Cc1c[nH]c2ccccc12)NC(=O)c1cc2c(n(-c3ccc(Cl)cc3)c1=O)CC(C)(C)CC2=O. The van der Waals surface area contributed by atoms with E-state index in [2.05, 4.69) is 10.3 Å². The number of pyridine rings is 1. The monoisotopic (exact) mass is 545 g/mol. The lowest BCUT2D eigenvalue weighted by Crippen LogP contribution is -2.46. The van der Waals surface area contributed by atoms with Crippen molar-refractivity contribution in [1.82, 2.24) is 14.9 Å². The number of benzene rings is 2. The third-order valence-electron chi connectivity index (χ3n) is 7.11. The molecule has 0 fully saturated rings. The molecule has 1 aliphatic carbocycles. The average molecular weight is 546 g/mol. The first-order chi connectivity index (χ1) is 18.6. The molecule has 2 heterocycles. The van der Waals surface area contributed by atoms with E-state index >= 15 is 0 Å². The number of hydrogen-bond donors (Lipinski definition) is 2. The molecule has 39 heavy (non-hydrogen) atoms. The van der Waals surface area contributed by atoms with Gasteiger partial charge in [-0.3, -0.25) is 19.0 Å². The van der Waals surface area contributed by atoms with Crippen LogP contribution < -0.4 is 10.9 Å². The number of carbonyl (C=O) groups excluding carboxylic acids is 3. The zero-order chi connectivity index (χ0) is 27.9. The molecule has 1 atom stereocenters. The molecule has 0 saturated heterocycles. The zero-order valence-electron chi connectivity index (χ0n) is 21.8. The van der Waals surface area contributed by atoms with E-state index in [4.69, 9.17) is 16.3 Å². The van der Waals surface area contributed by atoms with Crippen LogP contribution in [0.5, 0.6) is 0 Å². The summed E-state index contributed by atoms with van der Waals surface area (Å²) < 4.78 is 6.37. The molecule has 1 aliphatic rings. The highest BCUT2D eigenvalue weighted by molar-refractivity contribution is 6.30. The molecule has 0 radical (unpaired) electrons. The molecule has 4 aromatic rings. The minimum Gasteiger partial charge on any atom is -0.467 e. The Morgan fingerprint density at radius 1 is 1.10 bits per heavy atom. The number of nitrogens with one attached hydrogen (secondary N) is 2. The Morgan fingerprint density at radius 2 is 1.82 bits per heavy atom. The Morgan fingerprint density at radius 3 is 2.54 bits per heavy atom. The van der Waals surface area contributed by atoms with Crippen molar-refractivity contribution < 1.29 is 19.1 Å². The number of hydrogen-bond acceptors (Lipinski definition) is 5. The molecule has 0 aliphatic heterocycles. The van der Waals surface area contributed by atoms with Gasteiger partial charge >= 0.3 is 5.97 Å². The second-order valence-electron chi connectivity index (χ2n) is 10.6. The highest BCUT2D eigenvalue weighted by atomic mass is 35.5. The lowest BCUT2D eigenvalue weighted by molar-refractivity contribution is -0.142. The minimum absolute atomic E-state index is 0.145. The normalized spacial score (nSPS) is 15.0. The lowest BCUT2D eigenvalue weighted by atomic mass is 9.75. The molecule has 2 N–H and O–H groups in total. The molecule has 9 heteroatoms. The van der Waals surface area contributed by atoms with Crippen molar-refractivity contribution in [2.45, 2.75) is 39.2 Å². The van der Waals surface area contributed by atoms with Crippen LogP contribution in [0.3, 0.4) is 0 Å². The van der Waals surface area contributed by atoms with Crippen LogP contribution in [0.2, 0.25) is 5.02 Å². The summed E-state index contributed by atoms with van der Waals surface area (Å²) in [5, 5.41) is 4.08. The minimum atomic E-state index is -1.06. The molecule has 0 saturated carbocycles. The highest BCUT2D eigenvalue weighted by Gasteiger charge is 2.35. The topological polar surface area (TPSA) is 110 Å². The number of carbonyl (C=O) groups is 3. The van der Waals surface area contributed by atoms with Gasteiger partial charge in [-0.05, 0) is 53.8 Å². The van der Waals surface area contributed by atoms with Gasteiger partial charge in [0.2, 0.25) is 0 Å². The predicted molar refractivity (Wildman–Crippen MR) is 149 cm³/mol. The maximum absolute atomic E-state index is 13.8.